The number of pyridine rings is 1. The number of aromatic nitrogens is 5. The van der Waals surface area contributed by atoms with Crippen molar-refractivity contribution in [2.45, 2.75) is 24.9 Å². The van der Waals surface area contributed by atoms with Crippen molar-refractivity contribution in [2.75, 3.05) is 25.9 Å². The first-order valence-corrected chi connectivity index (χ1v) is 13.2. The molecule has 1 amide bonds. The summed E-state index contributed by atoms with van der Waals surface area (Å²) in [5.41, 5.74) is 5.20. The van der Waals surface area contributed by atoms with Gasteiger partial charge >= 0.3 is 6.18 Å². The Balaban J connectivity index is 1.25. The van der Waals surface area contributed by atoms with E-state index in [-0.39, 0.29) is 41.6 Å². The number of ether oxygens (including phenoxy) is 1. The third-order valence-electron chi connectivity index (χ3n) is 6.81. The second-order valence-electron chi connectivity index (χ2n) is 9.49. The molecule has 0 bridgehead atoms. The lowest BCUT2D eigenvalue weighted by Gasteiger charge is -2.17. The van der Waals surface area contributed by atoms with Gasteiger partial charge in [-0.15, -0.1) is 11.3 Å². The van der Waals surface area contributed by atoms with E-state index in [2.05, 4.69) is 25.4 Å². The van der Waals surface area contributed by atoms with E-state index in [0.29, 0.717) is 6.54 Å². The van der Waals surface area contributed by atoms with Crippen LogP contribution >= 0.6 is 11.3 Å². The van der Waals surface area contributed by atoms with Gasteiger partial charge in [-0.05, 0) is 24.3 Å². The van der Waals surface area contributed by atoms with E-state index in [9.17, 15) is 18.0 Å². The molecular weight excluding hydrogens is 564 g/mol. The number of carbonyl (C=O) groups excluding carboxylic acids is 1. The zero-order valence-electron chi connectivity index (χ0n) is 21.4. The molecule has 1 aliphatic heterocycles. The highest BCUT2D eigenvalue weighted by Crippen LogP contribution is 2.39. The van der Waals surface area contributed by atoms with Gasteiger partial charge in [0.15, 0.2) is 5.82 Å². The van der Waals surface area contributed by atoms with Crippen molar-refractivity contribution in [3.05, 3.63) is 65.1 Å². The maximum Gasteiger partial charge on any atom is 0.418 e. The summed E-state index contributed by atoms with van der Waals surface area (Å²) in [5, 5.41) is 7.46. The molecule has 1 aromatic carbocycles. The number of nitrogens with zero attached hydrogens (tertiary/aromatic N) is 6. The van der Waals surface area contributed by atoms with E-state index in [1.807, 2.05) is 29.2 Å². The number of anilines is 1. The molecule has 2 unspecified atom stereocenters. The molecule has 15 heteroatoms. The van der Waals surface area contributed by atoms with Crippen LogP contribution in [0.1, 0.15) is 20.9 Å². The molecule has 5 heterocycles. The number of rotatable bonds is 6. The summed E-state index contributed by atoms with van der Waals surface area (Å²) >= 11 is 1.53. The van der Waals surface area contributed by atoms with Crippen molar-refractivity contribution in [2.24, 2.45) is 0 Å². The fourth-order valence-corrected chi connectivity index (χ4v) is 5.95. The maximum absolute atomic E-state index is 15.0. The summed E-state index contributed by atoms with van der Waals surface area (Å²) in [5.74, 6) is -1.11. The molecule has 0 aliphatic carbocycles. The van der Waals surface area contributed by atoms with Crippen LogP contribution < -0.4 is 15.8 Å². The Morgan fingerprint density at radius 2 is 2.02 bits per heavy atom. The van der Waals surface area contributed by atoms with Gasteiger partial charge in [0, 0.05) is 24.8 Å². The average Bonchev–Trinajstić information content (AvgIpc) is 3.63. The number of fused-ring (bicyclic) bond motifs is 2. The number of nitrogen functional groups attached to an aromatic ring is 1. The first-order chi connectivity index (χ1) is 19.6. The first-order valence-electron chi connectivity index (χ1n) is 12.4. The van der Waals surface area contributed by atoms with Crippen molar-refractivity contribution in [1.82, 2.24) is 34.8 Å². The topological polar surface area (TPSA) is 124 Å². The number of amides is 1. The summed E-state index contributed by atoms with van der Waals surface area (Å²) in [6.45, 7) is 0.779. The Hall–Kier alpha value is -4.37. The van der Waals surface area contributed by atoms with Gasteiger partial charge in [0.1, 0.15) is 28.6 Å². The normalized spacial score (nSPS) is 17.9. The number of hydrogen-bond donors (Lipinski definition) is 2. The lowest BCUT2D eigenvalue weighted by molar-refractivity contribution is -0.136. The Morgan fingerprint density at radius 1 is 1.22 bits per heavy atom. The molecule has 1 fully saturated rings. The van der Waals surface area contributed by atoms with E-state index in [1.165, 1.54) is 30.7 Å². The predicted molar refractivity (Wildman–Crippen MR) is 143 cm³/mol. The minimum atomic E-state index is -4.74. The molecule has 41 heavy (non-hydrogen) atoms. The van der Waals surface area contributed by atoms with Crippen LogP contribution in [-0.4, -0.2) is 67.8 Å². The zero-order valence-corrected chi connectivity index (χ0v) is 22.2. The highest BCUT2D eigenvalue weighted by molar-refractivity contribution is 7.18. The molecule has 6 rings (SSSR count). The molecule has 5 aromatic rings. The number of hydrogen-bond acceptors (Lipinski definition) is 9. The monoisotopic (exact) mass is 586 g/mol. The molecule has 0 radical (unpaired) electrons. The summed E-state index contributed by atoms with van der Waals surface area (Å²) in [4.78, 5) is 27.6. The van der Waals surface area contributed by atoms with Crippen molar-refractivity contribution in [3.8, 4) is 17.1 Å². The molecule has 212 valence electrons. The Bertz CT molecular complexity index is 1740. The lowest BCUT2D eigenvalue weighted by atomic mass is 10.1. The van der Waals surface area contributed by atoms with Crippen molar-refractivity contribution in [3.63, 3.8) is 0 Å². The molecule has 2 atom stereocenters. The van der Waals surface area contributed by atoms with Gasteiger partial charge in [-0.25, -0.2) is 23.9 Å². The molecule has 3 N–H and O–H groups in total. The summed E-state index contributed by atoms with van der Waals surface area (Å²) in [7, 11) is 1.30. The van der Waals surface area contributed by atoms with E-state index < -0.39 is 35.4 Å². The second kappa shape index (κ2) is 10.2. The van der Waals surface area contributed by atoms with Gasteiger partial charge in [-0.1, -0.05) is 12.1 Å². The zero-order chi connectivity index (χ0) is 28.9. The number of benzene rings is 1. The SMILES string of the molecule is COc1ncc(-c2cc(C(F)(F)F)c3c(N)ncnn23)cc1C(=O)NC1CN(Cc2nc3ccccc3s2)CC1F. The quantitative estimate of drug-likeness (QED) is 0.287. The van der Waals surface area contributed by atoms with Crippen LogP contribution in [0.3, 0.4) is 0 Å². The van der Waals surface area contributed by atoms with Gasteiger partial charge in [0.25, 0.3) is 5.91 Å². The van der Waals surface area contributed by atoms with E-state index in [0.717, 1.165) is 32.1 Å². The summed E-state index contributed by atoms with van der Waals surface area (Å²) in [6.07, 6.45) is -3.81. The Morgan fingerprint density at radius 3 is 2.78 bits per heavy atom. The first kappa shape index (κ1) is 26.8. The molecular formula is C26H22F4N8O2S. The highest BCUT2D eigenvalue weighted by atomic mass is 32.1. The second-order valence-corrected chi connectivity index (χ2v) is 10.6. The third kappa shape index (κ3) is 5.02. The highest BCUT2D eigenvalue weighted by Gasteiger charge is 2.37. The number of halogens is 4. The number of nitrogens with one attached hydrogen (secondary N) is 1. The van der Waals surface area contributed by atoms with Gasteiger partial charge in [-0.3, -0.25) is 9.69 Å². The maximum atomic E-state index is 15.0. The number of methoxy groups -OCH3 is 1. The largest absolute Gasteiger partial charge is 0.480 e. The number of likely N-dealkylation sites (tertiary alicyclic amines) is 1. The minimum Gasteiger partial charge on any atom is -0.480 e. The predicted octanol–water partition coefficient (Wildman–Crippen LogP) is 3.96. The Labute approximate surface area is 233 Å². The molecule has 0 saturated carbocycles. The van der Waals surface area contributed by atoms with Crippen molar-refractivity contribution >= 4 is 38.8 Å². The van der Waals surface area contributed by atoms with Gasteiger partial charge in [-0.2, -0.15) is 18.3 Å². The number of alkyl halides is 4. The molecule has 10 nitrogen and oxygen atoms in total. The van der Waals surface area contributed by atoms with E-state index in [4.69, 9.17) is 10.5 Å². The van der Waals surface area contributed by atoms with Crippen molar-refractivity contribution in [1.29, 1.82) is 0 Å². The average molecular weight is 587 g/mol. The minimum absolute atomic E-state index is 0.0168. The number of nitrogens with two attached hydrogens (primary N) is 1. The van der Waals surface area contributed by atoms with Crippen LogP contribution in [0.5, 0.6) is 5.88 Å². The fourth-order valence-electron chi connectivity index (χ4n) is 4.94. The molecule has 0 spiro atoms. The van der Waals surface area contributed by atoms with Gasteiger partial charge in [0.2, 0.25) is 5.88 Å². The van der Waals surface area contributed by atoms with Crippen LogP contribution in [0.4, 0.5) is 23.4 Å². The molecule has 1 aliphatic rings. The summed E-state index contributed by atoms with van der Waals surface area (Å²) in [6, 6.07) is 9.07. The Kier molecular flexibility index (Phi) is 6.69. The molecule has 4 aromatic heterocycles. The molecule has 1 saturated heterocycles. The number of carbonyl (C=O) groups is 1. The van der Waals surface area contributed by atoms with Crippen LogP contribution in [-0.2, 0) is 12.7 Å². The fraction of sp³-hybridized carbons (Fsp3) is 0.269. The van der Waals surface area contributed by atoms with Crippen LogP contribution in [0, 0.1) is 0 Å². The lowest BCUT2D eigenvalue weighted by Crippen LogP contribution is -2.41. The third-order valence-corrected chi connectivity index (χ3v) is 7.83. The van der Waals surface area contributed by atoms with Crippen LogP contribution in [0.25, 0.3) is 27.0 Å². The van der Waals surface area contributed by atoms with Crippen LogP contribution in [0.15, 0.2) is 48.9 Å². The van der Waals surface area contributed by atoms with E-state index in [1.54, 1.807) is 0 Å². The summed E-state index contributed by atoms with van der Waals surface area (Å²) < 4.78 is 63.6. The smallest absolute Gasteiger partial charge is 0.418 e. The van der Waals surface area contributed by atoms with Gasteiger partial charge in [0.05, 0.1) is 41.2 Å². The number of para-hydroxylation sites is 1. The van der Waals surface area contributed by atoms with Crippen LogP contribution in [0.2, 0.25) is 0 Å². The standard InChI is InChI=1S/C26H22F4N8O2S/c1-40-25-14(6-13(8-32-25)19-7-15(26(28,29)30)22-23(31)33-12-34-38(19)22)24(39)36-18-10-37(9-16(18)27)11-21-35-17-4-2-3-5-20(17)41-21/h2-8,12,16,18H,9-11H2,1H3,(H,36,39)(H2,31,33,34). The van der Waals surface area contributed by atoms with Crippen molar-refractivity contribution < 1.29 is 27.1 Å². The van der Waals surface area contributed by atoms with Gasteiger partial charge < -0.3 is 15.8 Å². The number of thiazole rings is 1. The van der Waals surface area contributed by atoms with E-state index >= 15 is 4.39 Å².